The molecule has 0 aliphatic heterocycles. The largest absolute Gasteiger partial charge is 0.394 e. The number of rotatable bonds is 4. The Morgan fingerprint density at radius 1 is 1.22 bits per heavy atom. The number of aliphatic hydroxyl groups excluding tert-OH is 1. The van der Waals surface area contributed by atoms with E-state index in [2.05, 4.69) is 10.3 Å². The lowest BCUT2D eigenvalue weighted by molar-refractivity contribution is 0.276. The molecule has 0 saturated carbocycles. The van der Waals surface area contributed by atoms with E-state index in [1.807, 2.05) is 19.1 Å². The van der Waals surface area contributed by atoms with Crippen LogP contribution in [0.4, 0.5) is 10.1 Å². The summed E-state index contributed by atoms with van der Waals surface area (Å²) in [6.45, 7) is 1.85. The van der Waals surface area contributed by atoms with E-state index in [9.17, 15) is 9.50 Å². The SMILES string of the molecule is Cc1ccc(C(CO)Nc2ccc(F)cc2)cn1. The van der Waals surface area contributed by atoms with Crippen molar-refractivity contribution in [3.8, 4) is 0 Å². The zero-order chi connectivity index (χ0) is 13.0. The molecule has 1 unspecified atom stereocenters. The number of aliphatic hydroxyl groups is 1. The summed E-state index contributed by atoms with van der Waals surface area (Å²) in [5.41, 5.74) is 2.58. The molecule has 2 rings (SSSR count). The van der Waals surface area contributed by atoms with Crippen LogP contribution in [0.25, 0.3) is 0 Å². The van der Waals surface area contributed by atoms with Crippen LogP contribution in [0.3, 0.4) is 0 Å². The fourth-order valence-corrected chi connectivity index (χ4v) is 1.67. The van der Waals surface area contributed by atoms with Gasteiger partial charge >= 0.3 is 0 Å². The van der Waals surface area contributed by atoms with Gasteiger partial charge in [0.15, 0.2) is 0 Å². The van der Waals surface area contributed by atoms with E-state index in [1.54, 1.807) is 18.3 Å². The van der Waals surface area contributed by atoms with Crippen molar-refractivity contribution < 1.29 is 9.50 Å². The third-order valence-electron chi connectivity index (χ3n) is 2.70. The molecule has 1 aromatic carbocycles. The number of pyridine rings is 1. The Kier molecular flexibility index (Phi) is 3.89. The molecule has 0 amide bonds. The minimum absolute atomic E-state index is 0.0535. The summed E-state index contributed by atoms with van der Waals surface area (Å²) in [6.07, 6.45) is 1.73. The highest BCUT2D eigenvalue weighted by Gasteiger charge is 2.10. The molecule has 2 aromatic rings. The average molecular weight is 246 g/mol. The molecular formula is C14H15FN2O. The third kappa shape index (κ3) is 3.05. The summed E-state index contributed by atoms with van der Waals surface area (Å²) in [5, 5.41) is 12.5. The number of anilines is 1. The Bertz CT molecular complexity index is 496. The van der Waals surface area contributed by atoms with Gasteiger partial charge in [0, 0.05) is 17.6 Å². The topological polar surface area (TPSA) is 45.1 Å². The van der Waals surface area contributed by atoms with Crippen LogP contribution in [0.1, 0.15) is 17.3 Å². The molecule has 1 atom stereocenters. The first-order valence-electron chi connectivity index (χ1n) is 5.74. The van der Waals surface area contributed by atoms with Crippen molar-refractivity contribution in [2.45, 2.75) is 13.0 Å². The van der Waals surface area contributed by atoms with Gasteiger partial charge in [0.05, 0.1) is 12.6 Å². The van der Waals surface area contributed by atoms with Gasteiger partial charge in [-0.1, -0.05) is 6.07 Å². The second-order valence-corrected chi connectivity index (χ2v) is 4.12. The highest BCUT2D eigenvalue weighted by atomic mass is 19.1. The van der Waals surface area contributed by atoms with Gasteiger partial charge < -0.3 is 10.4 Å². The van der Waals surface area contributed by atoms with E-state index in [4.69, 9.17) is 0 Å². The van der Waals surface area contributed by atoms with Crippen molar-refractivity contribution >= 4 is 5.69 Å². The van der Waals surface area contributed by atoms with Gasteiger partial charge in [-0.15, -0.1) is 0 Å². The van der Waals surface area contributed by atoms with Crippen molar-refractivity contribution in [3.05, 3.63) is 59.7 Å². The van der Waals surface area contributed by atoms with Gasteiger partial charge in [-0.2, -0.15) is 0 Å². The Balaban J connectivity index is 2.14. The van der Waals surface area contributed by atoms with Crippen molar-refractivity contribution in [1.29, 1.82) is 0 Å². The number of aromatic nitrogens is 1. The smallest absolute Gasteiger partial charge is 0.123 e. The summed E-state index contributed by atoms with van der Waals surface area (Å²) in [7, 11) is 0. The van der Waals surface area contributed by atoms with E-state index >= 15 is 0 Å². The Labute approximate surface area is 105 Å². The fourth-order valence-electron chi connectivity index (χ4n) is 1.67. The molecule has 1 aromatic heterocycles. The van der Waals surface area contributed by atoms with E-state index in [-0.39, 0.29) is 18.5 Å². The standard InChI is InChI=1S/C14H15FN2O/c1-10-2-3-11(8-16-10)14(9-18)17-13-6-4-12(15)5-7-13/h2-8,14,17-18H,9H2,1H3. The number of nitrogens with one attached hydrogen (secondary N) is 1. The predicted molar refractivity (Wildman–Crippen MR) is 68.8 cm³/mol. The van der Waals surface area contributed by atoms with E-state index < -0.39 is 0 Å². The van der Waals surface area contributed by atoms with Crippen LogP contribution in [0.5, 0.6) is 0 Å². The molecule has 4 heteroatoms. The zero-order valence-corrected chi connectivity index (χ0v) is 10.1. The minimum atomic E-state index is -0.280. The maximum absolute atomic E-state index is 12.8. The van der Waals surface area contributed by atoms with Crippen LogP contribution in [0, 0.1) is 12.7 Å². The number of nitrogens with zero attached hydrogens (tertiary/aromatic N) is 1. The van der Waals surface area contributed by atoms with Gasteiger partial charge in [0.25, 0.3) is 0 Å². The molecular weight excluding hydrogens is 231 g/mol. The van der Waals surface area contributed by atoms with Gasteiger partial charge in [0.1, 0.15) is 5.82 Å². The van der Waals surface area contributed by atoms with Crippen molar-refractivity contribution in [3.63, 3.8) is 0 Å². The quantitative estimate of drug-likeness (QED) is 0.871. The molecule has 0 spiro atoms. The van der Waals surface area contributed by atoms with Gasteiger partial charge in [0.2, 0.25) is 0 Å². The highest BCUT2D eigenvalue weighted by molar-refractivity contribution is 5.45. The molecule has 18 heavy (non-hydrogen) atoms. The van der Waals surface area contributed by atoms with Crippen LogP contribution in [0.2, 0.25) is 0 Å². The molecule has 2 N–H and O–H groups in total. The summed E-state index contributed by atoms with van der Waals surface area (Å²) >= 11 is 0. The molecule has 0 fully saturated rings. The van der Waals surface area contributed by atoms with Crippen LogP contribution in [-0.2, 0) is 0 Å². The maximum Gasteiger partial charge on any atom is 0.123 e. The highest BCUT2D eigenvalue weighted by Crippen LogP contribution is 2.19. The lowest BCUT2D eigenvalue weighted by atomic mass is 10.1. The summed E-state index contributed by atoms with van der Waals surface area (Å²) in [6, 6.07) is 9.60. The summed E-state index contributed by atoms with van der Waals surface area (Å²) in [4.78, 5) is 4.19. The molecule has 0 aliphatic carbocycles. The van der Waals surface area contributed by atoms with Crippen LogP contribution < -0.4 is 5.32 Å². The first-order chi connectivity index (χ1) is 8.69. The molecule has 0 bridgehead atoms. The first-order valence-corrected chi connectivity index (χ1v) is 5.74. The Morgan fingerprint density at radius 2 is 1.94 bits per heavy atom. The number of hydrogen-bond acceptors (Lipinski definition) is 3. The third-order valence-corrected chi connectivity index (χ3v) is 2.70. The monoisotopic (exact) mass is 246 g/mol. The normalized spacial score (nSPS) is 12.2. The molecule has 94 valence electrons. The van der Waals surface area contributed by atoms with Crippen LogP contribution in [-0.4, -0.2) is 16.7 Å². The molecule has 0 radical (unpaired) electrons. The second-order valence-electron chi connectivity index (χ2n) is 4.12. The minimum Gasteiger partial charge on any atom is -0.394 e. The van der Waals surface area contributed by atoms with Crippen molar-refractivity contribution in [2.24, 2.45) is 0 Å². The van der Waals surface area contributed by atoms with E-state index in [1.165, 1.54) is 12.1 Å². The number of benzene rings is 1. The predicted octanol–water partition coefficient (Wildman–Crippen LogP) is 2.67. The Hall–Kier alpha value is -1.94. The molecule has 1 heterocycles. The second kappa shape index (κ2) is 5.60. The van der Waals surface area contributed by atoms with E-state index in [0.29, 0.717) is 0 Å². The summed E-state index contributed by atoms with van der Waals surface area (Å²) in [5.74, 6) is -0.280. The maximum atomic E-state index is 12.8. The molecule has 3 nitrogen and oxygen atoms in total. The average Bonchev–Trinajstić information content (AvgIpc) is 2.39. The lowest BCUT2D eigenvalue weighted by Gasteiger charge is -2.17. The number of aryl methyl sites for hydroxylation is 1. The molecule has 0 aliphatic rings. The first kappa shape index (κ1) is 12.5. The van der Waals surface area contributed by atoms with Crippen LogP contribution in [0.15, 0.2) is 42.6 Å². The fraction of sp³-hybridized carbons (Fsp3) is 0.214. The zero-order valence-electron chi connectivity index (χ0n) is 10.1. The molecule has 0 saturated heterocycles. The Morgan fingerprint density at radius 3 is 2.50 bits per heavy atom. The lowest BCUT2D eigenvalue weighted by Crippen LogP contribution is -2.15. The van der Waals surface area contributed by atoms with Gasteiger partial charge in [-0.25, -0.2) is 4.39 Å². The van der Waals surface area contributed by atoms with Gasteiger partial charge in [-0.3, -0.25) is 4.98 Å². The van der Waals surface area contributed by atoms with E-state index in [0.717, 1.165) is 16.9 Å². The van der Waals surface area contributed by atoms with Crippen molar-refractivity contribution in [2.75, 3.05) is 11.9 Å². The number of halogens is 1. The van der Waals surface area contributed by atoms with Crippen molar-refractivity contribution in [1.82, 2.24) is 4.98 Å². The van der Waals surface area contributed by atoms with Gasteiger partial charge in [-0.05, 0) is 42.8 Å². The summed E-state index contributed by atoms with van der Waals surface area (Å²) < 4.78 is 12.8. The van der Waals surface area contributed by atoms with Crippen LogP contribution >= 0.6 is 0 Å². The number of hydrogen-bond donors (Lipinski definition) is 2.